The van der Waals surface area contributed by atoms with Crippen LogP contribution in [-0.2, 0) is 54.4 Å². The molecule has 1 aromatic rings. The summed E-state index contributed by atoms with van der Waals surface area (Å²) in [7, 11) is 0. The van der Waals surface area contributed by atoms with E-state index in [1.807, 2.05) is 0 Å². The second kappa shape index (κ2) is 28.0. The quantitative estimate of drug-likeness (QED) is 0.0402. The van der Waals surface area contributed by atoms with Gasteiger partial charge < -0.3 is 68.5 Å². The van der Waals surface area contributed by atoms with Crippen LogP contribution in [0.2, 0.25) is 0 Å². The zero-order chi connectivity index (χ0) is 49.7. The second-order valence-electron chi connectivity index (χ2n) is 16.6. The lowest BCUT2D eigenvalue weighted by Crippen LogP contribution is -2.61. The molecule has 0 saturated carbocycles. The standard InChI is InChI=1S/C43H68N10O13/c1-7-24(5)35(52-40(62)30-15-12-16-53(30)42(64)34(44)23(3)4)41(63)50-29(22-55)39(61)49-28(21-54)38(60)46-18-31(56)45-19-32(57)48-27(17-26-13-10-9-11-14-26)37(59)47-20-33(58)51-36(43(65)66)25(6)8-2/h9-11,13-14,23-25,27-30,34-36,54-55H,7-8,12,15-22,44H2,1-6H3,(H,45,56)(H,46,60)(H,47,59)(H,48,57)(H,49,61)(H,50,63)(H,51,58)(H,52,62)(H,65,66)/t24-,25-,27-,28-,29-,30-,34-,35-,36-/m0/s1. The Kier molecular flexibility index (Phi) is 23.7. The number of benzene rings is 1. The van der Waals surface area contributed by atoms with E-state index in [4.69, 9.17) is 5.73 Å². The molecule has 0 aliphatic carbocycles. The molecule has 0 unspecified atom stereocenters. The molecular weight excluding hydrogens is 865 g/mol. The Morgan fingerprint density at radius 2 is 1.17 bits per heavy atom. The summed E-state index contributed by atoms with van der Waals surface area (Å²) in [4.78, 5) is 130. The zero-order valence-electron chi connectivity index (χ0n) is 38.4. The monoisotopic (exact) mass is 932 g/mol. The van der Waals surface area contributed by atoms with Gasteiger partial charge in [-0.15, -0.1) is 0 Å². The predicted octanol–water partition coefficient (Wildman–Crippen LogP) is -3.86. The molecule has 23 heteroatoms. The van der Waals surface area contributed by atoms with Gasteiger partial charge in [-0.05, 0) is 36.2 Å². The second-order valence-corrected chi connectivity index (χ2v) is 16.6. The lowest BCUT2D eigenvalue weighted by molar-refractivity contribution is -0.143. The molecule has 0 aromatic heterocycles. The van der Waals surface area contributed by atoms with Crippen molar-refractivity contribution in [1.29, 1.82) is 0 Å². The first-order valence-electron chi connectivity index (χ1n) is 22.1. The summed E-state index contributed by atoms with van der Waals surface area (Å²) in [5.74, 6) is -9.46. The SMILES string of the molecule is CC[C@H](C)[C@H](NC(=O)CNC(=O)[C@H](Cc1ccccc1)NC(=O)CNC(=O)CNC(=O)[C@H](CO)NC(=O)[C@H](CO)NC(=O)[C@@H](NC(=O)[C@@H]1CCCN1C(=O)[C@@H](N)C(C)C)[C@@H](C)CC)C(=O)O. The molecular formula is C43H68N10O13. The molecule has 1 fully saturated rings. The highest BCUT2D eigenvalue weighted by molar-refractivity contribution is 5.97. The van der Waals surface area contributed by atoms with E-state index in [0.29, 0.717) is 37.8 Å². The largest absolute Gasteiger partial charge is 0.480 e. The molecule has 2 rings (SSSR count). The number of likely N-dealkylation sites (tertiary alicyclic amines) is 1. The summed E-state index contributed by atoms with van der Waals surface area (Å²) in [5, 5.41) is 48.3. The van der Waals surface area contributed by atoms with Crippen molar-refractivity contribution in [2.75, 3.05) is 39.4 Å². The Morgan fingerprint density at radius 1 is 0.652 bits per heavy atom. The van der Waals surface area contributed by atoms with Crippen molar-refractivity contribution in [3.8, 4) is 0 Å². The number of nitrogens with one attached hydrogen (secondary N) is 8. The molecule has 1 saturated heterocycles. The number of amides is 9. The zero-order valence-corrected chi connectivity index (χ0v) is 38.4. The van der Waals surface area contributed by atoms with Gasteiger partial charge in [0.2, 0.25) is 53.2 Å². The fraction of sp³-hybridized carbons (Fsp3) is 0.628. The van der Waals surface area contributed by atoms with Crippen LogP contribution in [0.1, 0.15) is 72.8 Å². The maximum atomic E-state index is 13.5. The van der Waals surface area contributed by atoms with Crippen LogP contribution in [0.4, 0.5) is 0 Å². The van der Waals surface area contributed by atoms with Crippen molar-refractivity contribution in [3.05, 3.63) is 35.9 Å². The number of nitrogens with zero attached hydrogens (tertiary/aromatic N) is 1. The highest BCUT2D eigenvalue weighted by Gasteiger charge is 2.39. The van der Waals surface area contributed by atoms with Crippen molar-refractivity contribution in [3.63, 3.8) is 0 Å². The molecule has 1 aromatic carbocycles. The number of carbonyl (C=O) groups excluding carboxylic acids is 9. The van der Waals surface area contributed by atoms with Gasteiger partial charge in [-0.2, -0.15) is 0 Å². The number of carbonyl (C=O) groups is 10. The van der Waals surface area contributed by atoms with E-state index in [-0.39, 0.29) is 24.2 Å². The molecule has 0 radical (unpaired) electrons. The van der Waals surface area contributed by atoms with Gasteiger partial charge in [0.15, 0.2) is 0 Å². The van der Waals surface area contributed by atoms with Gasteiger partial charge in [0.05, 0.1) is 38.9 Å². The Morgan fingerprint density at radius 3 is 1.73 bits per heavy atom. The third-order valence-electron chi connectivity index (χ3n) is 11.3. The van der Waals surface area contributed by atoms with E-state index in [1.54, 1.807) is 71.9 Å². The molecule has 1 aliphatic heterocycles. The average Bonchev–Trinajstić information content (AvgIpc) is 3.80. The van der Waals surface area contributed by atoms with Gasteiger partial charge in [-0.3, -0.25) is 43.2 Å². The topological polar surface area (TPSA) is 357 Å². The minimum atomic E-state index is -1.67. The summed E-state index contributed by atoms with van der Waals surface area (Å²) in [6, 6.07) is -0.0707. The van der Waals surface area contributed by atoms with Crippen LogP contribution in [0.25, 0.3) is 0 Å². The first kappa shape index (κ1) is 55.9. The number of aliphatic carboxylic acids is 1. The van der Waals surface area contributed by atoms with Crippen LogP contribution in [-0.4, -0.2) is 161 Å². The molecule has 66 heavy (non-hydrogen) atoms. The number of aliphatic hydroxyl groups excluding tert-OH is 2. The lowest BCUT2D eigenvalue weighted by atomic mass is 9.97. The maximum absolute atomic E-state index is 13.5. The van der Waals surface area contributed by atoms with Crippen molar-refractivity contribution >= 4 is 59.1 Å². The van der Waals surface area contributed by atoms with Gasteiger partial charge >= 0.3 is 5.97 Å². The maximum Gasteiger partial charge on any atom is 0.326 e. The first-order valence-corrected chi connectivity index (χ1v) is 22.1. The Hall–Kier alpha value is -6.20. The number of carboxylic acid groups (broad SMARTS) is 1. The summed E-state index contributed by atoms with van der Waals surface area (Å²) < 4.78 is 0. The number of nitrogens with two attached hydrogens (primary N) is 1. The van der Waals surface area contributed by atoms with Crippen LogP contribution in [0.5, 0.6) is 0 Å². The van der Waals surface area contributed by atoms with E-state index in [0.717, 1.165) is 0 Å². The van der Waals surface area contributed by atoms with Crippen LogP contribution in [0, 0.1) is 17.8 Å². The van der Waals surface area contributed by atoms with Crippen LogP contribution in [0.3, 0.4) is 0 Å². The summed E-state index contributed by atoms with van der Waals surface area (Å²) >= 11 is 0. The molecule has 1 aliphatic rings. The fourth-order valence-corrected chi connectivity index (χ4v) is 6.69. The number of hydrogen-bond acceptors (Lipinski definition) is 13. The molecule has 9 amide bonds. The van der Waals surface area contributed by atoms with Gasteiger partial charge in [-0.1, -0.05) is 84.7 Å². The summed E-state index contributed by atoms with van der Waals surface area (Å²) in [6.07, 6.45) is 1.76. The van der Waals surface area contributed by atoms with Crippen LogP contribution < -0.4 is 48.3 Å². The highest BCUT2D eigenvalue weighted by Crippen LogP contribution is 2.21. The van der Waals surface area contributed by atoms with Crippen molar-refractivity contribution in [1.82, 2.24) is 47.4 Å². The average molecular weight is 933 g/mol. The van der Waals surface area contributed by atoms with Gasteiger partial charge in [0.25, 0.3) is 0 Å². The lowest BCUT2D eigenvalue weighted by Gasteiger charge is -2.31. The third kappa shape index (κ3) is 17.6. The summed E-state index contributed by atoms with van der Waals surface area (Å²) in [5.41, 5.74) is 6.70. The smallest absolute Gasteiger partial charge is 0.326 e. The van der Waals surface area contributed by atoms with Crippen molar-refractivity contribution in [2.24, 2.45) is 23.5 Å². The highest BCUT2D eigenvalue weighted by atomic mass is 16.4. The Bertz CT molecular complexity index is 1850. The van der Waals surface area contributed by atoms with Crippen LogP contribution >= 0.6 is 0 Å². The van der Waals surface area contributed by atoms with Crippen molar-refractivity contribution in [2.45, 2.75) is 116 Å². The van der Waals surface area contributed by atoms with E-state index < -0.39 is 134 Å². The minimum absolute atomic E-state index is 0.0180. The molecule has 0 spiro atoms. The van der Waals surface area contributed by atoms with E-state index in [1.165, 1.54) is 4.90 Å². The normalized spacial score (nSPS) is 17.0. The molecule has 9 atom stereocenters. The molecule has 0 bridgehead atoms. The first-order chi connectivity index (χ1) is 31.2. The number of carboxylic acids is 1. The van der Waals surface area contributed by atoms with Gasteiger partial charge in [-0.25, -0.2) is 4.79 Å². The van der Waals surface area contributed by atoms with E-state index in [2.05, 4.69) is 42.5 Å². The fourth-order valence-electron chi connectivity index (χ4n) is 6.69. The number of hydrogen-bond donors (Lipinski definition) is 12. The molecule has 23 nitrogen and oxygen atoms in total. The van der Waals surface area contributed by atoms with Crippen molar-refractivity contribution < 1.29 is 63.3 Å². The van der Waals surface area contributed by atoms with E-state index >= 15 is 0 Å². The molecule has 1 heterocycles. The number of aliphatic hydroxyl groups is 2. The van der Waals surface area contributed by atoms with Gasteiger partial charge in [0, 0.05) is 13.0 Å². The summed E-state index contributed by atoms with van der Waals surface area (Å²) in [6.45, 7) is 6.85. The van der Waals surface area contributed by atoms with Gasteiger partial charge in [0.1, 0.15) is 36.3 Å². The molecule has 368 valence electrons. The predicted molar refractivity (Wildman–Crippen MR) is 237 cm³/mol. The third-order valence-corrected chi connectivity index (χ3v) is 11.3. The minimum Gasteiger partial charge on any atom is -0.480 e. The van der Waals surface area contributed by atoms with E-state index in [9.17, 15) is 63.3 Å². The Labute approximate surface area is 383 Å². The number of rotatable bonds is 27. The molecule has 13 N–H and O–H groups in total. The van der Waals surface area contributed by atoms with Crippen LogP contribution in [0.15, 0.2) is 30.3 Å². The Balaban J connectivity index is 1.97.